The monoisotopic (exact) mass is 341 g/mol. The largest absolute Gasteiger partial charge is 0.481 e. The number of hydrogen-bond acceptors (Lipinski definition) is 3. The molecule has 1 aromatic heterocycles. The fraction of sp³-hybridized carbons (Fsp3) is 0.421. The highest BCUT2D eigenvalue weighted by atomic mass is 16.4. The average Bonchev–Trinajstić information content (AvgIpc) is 2.84. The molecular formula is C19H23N3O3. The van der Waals surface area contributed by atoms with Crippen molar-refractivity contribution in [1.29, 1.82) is 0 Å². The minimum absolute atomic E-state index is 0.0130. The van der Waals surface area contributed by atoms with Crippen molar-refractivity contribution in [2.24, 2.45) is 5.92 Å². The number of carboxylic acids is 1. The standard InChI is InChI=1S/C19H23N3O3/c1-13-12-17(21-22(13)16-8-3-2-4-9-16)18(23)20-15-7-5-6-14(10-11-15)19(24)25/h2-4,8-9,12,14-15H,5-7,10-11H2,1H3,(H,20,23)(H,24,25). The normalized spacial score (nSPS) is 20.7. The van der Waals surface area contributed by atoms with Crippen molar-refractivity contribution in [3.8, 4) is 5.69 Å². The second-order valence-electron chi connectivity index (χ2n) is 6.63. The maximum absolute atomic E-state index is 12.5. The highest BCUT2D eigenvalue weighted by Gasteiger charge is 2.25. The molecule has 1 heterocycles. The van der Waals surface area contributed by atoms with E-state index in [4.69, 9.17) is 5.11 Å². The Morgan fingerprint density at radius 3 is 2.64 bits per heavy atom. The summed E-state index contributed by atoms with van der Waals surface area (Å²) in [5, 5.41) is 16.6. The number of carboxylic acid groups (broad SMARTS) is 1. The predicted octanol–water partition coefficient (Wildman–Crippen LogP) is 2.94. The molecule has 1 fully saturated rings. The lowest BCUT2D eigenvalue weighted by molar-refractivity contribution is -0.142. The number of nitrogens with one attached hydrogen (secondary N) is 1. The van der Waals surface area contributed by atoms with E-state index in [2.05, 4.69) is 10.4 Å². The van der Waals surface area contributed by atoms with E-state index >= 15 is 0 Å². The Hall–Kier alpha value is -2.63. The van der Waals surface area contributed by atoms with Crippen LogP contribution in [0.4, 0.5) is 0 Å². The number of aromatic nitrogens is 2. The first-order chi connectivity index (χ1) is 12.0. The first-order valence-corrected chi connectivity index (χ1v) is 8.70. The van der Waals surface area contributed by atoms with Crippen LogP contribution >= 0.6 is 0 Å². The smallest absolute Gasteiger partial charge is 0.306 e. The minimum Gasteiger partial charge on any atom is -0.481 e. The second-order valence-corrected chi connectivity index (χ2v) is 6.63. The molecule has 0 radical (unpaired) electrons. The lowest BCUT2D eigenvalue weighted by Crippen LogP contribution is -2.34. The molecule has 0 spiro atoms. The molecule has 1 saturated carbocycles. The van der Waals surface area contributed by atoms with Crippen LogP contribution in [0.1, 0.15) is 48.3 Å². The van der Waals surface area contributed by atoms with Crippen molar-refractivity contribution in [1.82, 2.24) is 15.1 Å². The van der Waals surface area contributed by atoms with Crippen molar-refractivity contribution >= 4 is 11.9 Å². The number of carbonyl (C=O) groups is 2. The van der Waals surface area contributed by atoms with Gasteiger partial charge >= 0.3 is 5.97 Å². The van der Waals surface area contributed by atoms with E-state index in [1.807, 2.05) is 37.3 Å². The van der Waals surface area contributed by atoms with Crippen molar-refractivity contribution in [2.45, 2.75) is 45.1 Å². The molecule has 1 aliphatic rings. The number of amides is 1. The molecule has 0 aliphatic heterocycles. The third kappa shape index (κ3) is 4.07. The van der Waals surface area contributed by atoms with Crippen LogP contribution in [0.15, 0.2) is 36.4 Å². The summed E-state index contributed by atoms with van der Waals surface area (Å²) in [4.78, 5) is 23.7. The van der Waals surface area contributed by atoms with Gasteiger partial charge < -0.3 is 10.4 Å². The Morgan fingerprint density at radius 1 is 1.16 bits per heavy atom. The van der Waals surface area contributed by atoms with Crippen molar-refractivity contribution < 1.29 is 14.7 Å². The average molecular weight is 341 g/mol. The van der Waals surface area contributed by atoms with E-state index in [1.165, 1.54) is 0 Å². The third-order valence-corrected chi connectivity index (χ3v) is 4.77. The molecule has 132 valence electrons. The highest BCUT2D eigenvalue weighted by Crippen LogP contribution is 2.23. The van der Waals surface area contributed by atoms with Gasteiger partial charge in [0.15, 0.2) is 5.69 Å². The van der Waals surface area contributed by atoms with E-state index in [1.54, 1.807) is 10.7 Å². The van der Waals surface area contributed by atoms with Gasteiger partial charge in [0.2, 0.25) is 0 Å². The van der Waals surface area contributed by atoms with Gasteiger partial charge in [0, 0.05) is 11.7 Å². The first-order valence-electron chi connectivity index (χ1n) is 8.70. The van der Waals surface area contributed by atoms with Gasteiger partial charge in [-0.15, -0.1) is 0 Å². The van der Waals surface area contributed by atoms with E-state index < -0.39 is 5.97 Å². The SMILES string of the molecule is Cc1cc(C(=O)NC2CCCC(C(=O)O)CC2)nn1-c1ccccc1. The molecule has 6 heteroatoms. The number of nitrogens with zero attached hydrogens (tertiary/aromatic N) is 2. The molecule has 0 bridgehead atoms. The van der Waals surface area contributed by atoms with Gasteiger partial charge in [0.05, 0.1) is 11.6 Å². The summed E-state index contributed by atoms with van der Waals surface area (Å²) in [6, 6.07) is 11.5. The molecule has 1 amide bonds. The van der Waals surface area contributed by atoms with Gasteiger partial charge in [-0.2, -0.15) is 5.10 Å². The maximum atomic E-state index is 12.5. The molecule has 1 aliphatic carbocycles. The van der Waals surface area contributed by atoms with Crippen LogP contribution in [0.3, 0.4) is 0 Å². The van der Waals surface area contributed by atoms with Gasteiger partial charge in [0.1, 0.15) is 0 Å². The van der Waals surface area contributed by atoms with Gasteiger partial charge in [-0.3, -0.25) is 9.59 Å². The van der Waals surface area contributed by atoms with Crippen LogP contribution in [0, 0.1) is 12.8 Å². The van der Waals surface area contributed by atoms with E-state index in [-0.39, 0.29) is 17.9 Å². The lowest BCUT2D eigenvalue weighted by atomic mass is 10.0. The summed E-state index contributed by atoms with van der Waals surface area (Å²) >= 11 is 0. The summed E-state index contributed by atoms with van der Waals surface area (Å²) in [7, 11) is 0. The Balaban J connectivity index is 1.67. The third-order valence-electron chi connectivity index (χ3n) is 4.77. The quantitative estimate of drug-likeness (QED) is 0.838. The van der Waals surface area contributed by atoms with Gasteiger partial charge in [-0.25, -0.2) is 4.68 Å². The molecule has 6 nitrogen and oxygen atoms in total. The predicted molar refractivity (Wildman–Crippen MR) is 93.8 cm³/mol. The zero-order chi connectivity index (χ0) is 17.8. The molecule has 3 rings (SSSR count). The Labute approximate surface area is 146 Å². The summed E-state index contributed by atoms with van der Waals surface area (Å²) < 4.78 is 1.75. The topological polar surface area (TPSA) is 84.2 Å². The molecule has 2 N–H and O–H groups in total. The number of aryl methyl sites for hydroxylation is 1. The summed E-state index contributed by atoms with van der Waals surface area (Å²) in [6.07, 6.45) is 3.62. The Bertz CT molecular complexity index is 755. The van der Waals surface area contributed by atoms with E-state index in [9.17, 15) is 9.59 Å². The molecule has 0 saturated heterocycles. The molecule has 2 unspecified atom stereocenters. The van der Waals surface area contributed by atoms with Crippen molar-refractivity contribution in [3.05, 3.63) is 47.8 Å². The maximum Gasteiger partial charge on any atom is 0.306 e. The Morgan fingerprint density at radius 2 is 1.92 bits per heavy atom. The van der Waals surface area contributed by atoms with Crippen LogP contribution in [-0.4, -0.2) is 32.8 Å². The lowest BCUT2D eigenvalue weighted by Gasteiger charge is -2.15. The van der Waals surface area contributed by atoms with Gasteiger partial charge in [0.25, 0.3) is 5.91 Å². The molecule has 2 aromatic rings. The molecular weight excluding hydrogens is 318 g/mol. The zero-order valence-electron chi connectivity index (χ0n) is 14.3. The van der Waals surface area contributed by atoms with Crippen LogP contribution in [0.25, 0.3) is 5.69 Å². The zero-order valence-corrected chi connectivity index (χ0v) is 14.3. The minimum atomic E-state index is -0.732. The molecule has 25 heavy (non-hydrogen) atoms. The van der Waals surface area contributed by atoms with E-state index in [0.717, 1.165) is 24.2 Å². The number of benzene rings is 1. The number of carbonyl (C=O) groups excluding carboxylic acids is 1. The number of rotatable bonds is 4. The second kappa shape index (κ2) is 7.51. The van der Waals surface area contributed by atoms with Gasteiger partial charge in [-0.05, 0) is 50.8 Å². The molecule has 2 atom stereocenters. The highest BCUT2D eigenvalue weighted by molar-refractivity contribution is 5.92. The van der Waals surface area contributed by atoms with Crippen molar-refractivity contribution in [3.63, 3.8) is 0 Å². The van der Waals surface area contributed by atoms with Crippen LogP contribution in [0.2, 0.25) is 0 Å². The van der Waals surface area contributed by atoms with Crippen molar-refractivity contribution in [2.75, 3.05) is 0 Å². The molecule has 1 aromatic carbocycles. The fourth-order valence-electron chi connectivity index (χ4n) is 3.37. The van der Waals surface area contributed by atoms with Crippen LogP contribution in [0.5, 0.6) is 0 Å². The number of para-hydroxylation sites is 1. The van der Waals surface area contributed by atoms with E-state index in [0.29, 0.717) is 25.0 Å². The fourth-order valence-corrected chi connectivity index (χ4v) is 3.37. The van der Waals surface area contributed by atoms with Gasteiger partial charge in [-0.1, -0.05) is 24.6 Å². The van der Waals surface area contributed by atoms with Crippen LogP contribution in [-0.2, 0) is 4.79 Å². The number of hydrogen-bond donors (Lipinski definition) is 2. The summed E-state index contributed by atoms with van der Waals surface area (Å²) in [5.41, 5.74) is 2.20. The first kappa shape index (κ1) is 17.2. The Kier molecular flexibility index (Phi) is 5.16. The van der Waals surface area contributed by atoms with Crippen LogP contribution < -0.4 is 5.32 Å². The summed E-state index contributed by atoms with van der Waals surface area (Å²) in [5.74, 6) is -1.22. The summed E-state index contributed by atoms with van der Waals surface area (Å²) in [6.45, 7) is 1.92. The number of aliphatic carboxylic acids is 1.